The molecule has 2 aromatic rings. The molecule has 1 saturated heterocycles. The van der Waals surface area contributed by atoms with Gasteiger partial charge in [0.2, 0.25) is 5.91 Å². The molecule has 0 spiro atoms. The highest BCUT2D eigenvalue weighted by Crippen LogP contribution is 2.20. The molecule has 0 saturated carbocycles. The van der Waals surface area contributed by atoms with Crippen molar-refractivity contribution in [2.75, 3.05) is 13.1 Å². The van der Waals surface area contributed by atoms with E-state index >= 15 is 0 Å². The second-order valence-corrected chi connectivity index (χ2v) is 5.38. The number of benzene rings is 1. The van der Waals surface area contributed by atoms with Crippen molar-refractivity contribution in [3.05, 3.63) is 60.4 Å². The molecule has 0 bridgehead atoms. The maximum Gasteiger partial charge on any atom is 0.244 e. The number of amides is 1. The third-order valence-electron chi connectivity index (χ3n) is 3.83. The average Bonchev–Trinajstić information content (AvgIpc) is 3.04. The molecule has 5 heteroatoms. The van der Waals surface area contributed by atoms with Crippen molar-refractivity contribution in [2.45, 2.75) is 18.6 Å². The lowest BCUT2D eigenvalue weighted by Crippen LogP contribution is -2.38. The van der Waals surface area contributed by atoms with Gasteiger partial charge in [-0.3, -0.25) is 9.78 Å². The van der Waals surface area contributed by atoms with Gasteiger partial charge in [-0.1, -0.05) is 30.3 Å². The standard InChI is InChI=1S/C17H19N3O2/c18-16(13-4-2-1-3-5-13)17(21)20-11-8-15(12-20)22-14-6-9-19-10-7-14/h1-7,9-10,15-16H,8,11-12,18H2. The summed E-state index contributed by atoms with van der Waals surface area (Å²) in [6.45, 7) is 1.25. The second kappa shape index (κ2) is 6.58. The van der Waals surface area contributed by atoms with Crippen molar-refractivity contribution in [1.82, 2.24) is 9.88 Å². The molecular formula is C17H19N3O2. The molecule has 1 aromatic heterocycles. The average molecular weight is 297 g/mol. The van der Waals surface area contributed by atoms with E-state index in [0.717, 1.165) is 17.7 Å². The number of hydrogen-bond donors (Lipinski definition) is 1. The maximum atomic E-state index is 12.5. The van der Waals surface area contributed by atoms with Gasteiger partial charge in [0.15, 0.2) is 0 Å². The Bertz CT molecular complexity index is 618. The summed E-state index contributed by atoms with van der Waals surface area (Å²) >= 11 is 0. The number of nitrogens with zero attached hydrogens (tertiary/aromatic N) is 2. The molecule has 2 heterocycles. The Morgan fingerprint density at radius 3 is 2.68 bits per heavy atom. The molecule has 2 atom stereocenters. The highest BCUT2D eigenvalue weighted by Gasteiger charge is 2.30. The van der Waals surface area contributed by atoms with Crippen molar-refractivity contribution in [3.8, 4) is 5.75 Å². The van der Waals surface area contributed by atoms with Gasteiger partial charge in [0.25, 0.3) is 0 Å². The van der Waals surface area contributed by atoms with Gasteiger partial charge in [-0.05, 0) is 17.7 Å². The van der Waals surface area contributed by atoms with E-state index in [1.807, 2.05) is 42.5 Å². The summed E-state index contributed by atoms with van der Waals surface area (Å²) in [4.78, 5) is 18.2. The number of likely N-dealkylation sites (tertiary alicyclic amines) is 1. The maximum absolute atomic E-state index is 12.5. The minimum absolute atomic E-state index is 0.00863. The number of aromatic nitrogens is 1. The zero-order valence-electron chi connectivity index (χ0n) is 12.3. The fourth-order valence-corrected chi connectivity index (χ4v) is 2.63. The lowest BCUT2D eigenvalue weighted by Gasteiger charge is -2.21. The first kappa shape index (κ1) is 14.5. The van der Waals surface area contributed by atoms with Crippen molar-refractivity contribution >= 4 is 5.91 Å². The first-order valence-electron chi connectivity index (χ1n) is 7.40. The minimum Gasteiger partial charge on any atom is -0.488 e. The van der Waals surface area contributed by atoms with Gasteiger partial charge >= 0.3 is 0 Å². The SMILES string of the molecule is NC(C(=O)N1CCC(Oc2ccncc2)C1)c1ccccc1. The lowest BCUT2D eigenvalue weighted by molar-refractivity contribution is -0.131. The van der Waals surface area contributed by atoms with Crippen LogP contribution in [0.15, 0.2) is 54.9 Å². The molecule has 2 N–H and O–H groups in total. The lowest BCUT2D eigenvalue weighted by atomic mass is 10.1. The summed E-state index contributed by atoms with van der Waals surface area (Å²) in [6, 6.07) is 12.5. The zero-order valence-corrected chi connectivity index (χ0v) is 12.3. The quantitative estimate of drug-likeness (QED) is 0.933. The molecule has 114 valence electrons. The number of carbonyl (C=O) groups excluding carboxylic acids is 1. The summed E-state index contributed by atoms with van der Waals surface area (Å²) in [5, 5.41) is 0. The first-order chi connectivity index (χ1) is 10.7. The molecule has 1 aromatic carbocycles. The highest BCUT2D eigenvalue weighted by atomic mass is 16.5. The highest BCUT2D eigenvalue weighted by molar-refractivity contribution is 5.83. The van der Waals surface area contributed by atoms with Crippen LogP contribution >= 0.6 is 0 Å². The Kier molecular flexibility index (Phi) is 4.34. The number of carbonyl (C=O) groups is 1. The Balaban J connectivity index is 1.59. The predicted molar refractivity (Wildman–Crippen MR) is 83.2 cm³/mol. The van der Waals surface area contributed by atoms with Crippen LogP contribution in [0.25, 0.3) is 0 Å². The summed E-state index contributed by atoms with van der Waals surface area (Å²) < 4.78 is 5.87. The molecule has 3 rings (SSSR count). The molecule has 0 radical (unpaired) electrons. The fraction of sp³-hybridized carbons (Fsp3) is 0.294. The van der Waals surface area contributed by atoms with Crippen LogP contribution in [-0.2, 0) is 4.79 Å². The number of hydrogen-bond acceptors (Lipinski definition) is 4. The van der Waals surface area contributed by atoms with Crippen LogP contribution < -0.4 is 10.5 Å². The van der Waals surface area contributed by atoms with Crippen LogP contribution in [0, 0.1) is 0 Å². The van der Waals surface area contributed by atoms with Crippen molar-refractivity contribution in [3.63, 3.8) is 0 Å². The molecule has 1 fully saturated rings. The van der Waals surface area contributed by atoms with Crippen LogP contribution in [0.4, 0.5) is 0 Å². The van der Waals surface area contributed by atoms with Crippen LogP contribution in [0.1, 0.15) is 18.0 Å². The van der Waals surface area contributed by atoms with Gasteiger partial charge in [0.05, 0.1) is 6.54 Å². The Morgan fingerprint density at radius 1 is 1.23 bits per heavy atom. The van der Waals surface area contributed by atoms with Gasteiger partial charge in [0.1, 0.15) is 17.9 Å². The van der Waals surface area contributed by atoms with Crippen LogP contribution in [0.5, 0.6) is 5.75 Å². The molecule has 2 unspecified atom stereocenters. The smallest absolute Gasteiger partial charge is 0.244 e. The third-order valence-corrected chi connectivity index (χ3v) is 3.83. The monoisotopic (exact) mass is 297 g/mol. The molecule has 22 heavy (non-hydrogen) atoms. The van der Waals surface area contributed by atoms with Crippen LogP contribution in [-0.4, -0.2) is 35.0 Å². The largest absolute Gasteiger partial charge is 0.488 e. The van der Waals surface area contributed by atoms with Gasteiger partial charge in [-0.2, -0.15) is 0 Å². The Morgan fingerprint density at radius 2 is 1.95 bits per heavy atom. The Hall–Kier alpha value is -2.40. The normalized spacial score (nSPS) is 19.0. The number of nitrogens with two attached hydrogens (primary N) is 1. The third kappa shape index (κ3) is 3.26. The molecule has 1 amide bonds. The number of pyridine rings is 1. The number of ether oxygens (including phenoxy) is 1. The van der Waals surface area contributed by atoms with Crippen molar-refractivity contribution in [1.29, 1.82) is 0 Å². The first-order valence-corrected chi connectivity index (χ1v) is 7.40. The summed E-state index contributed by atoms with van der Waals surface area (Å²) in [6.07, 6.45) is 4.21. The predicted octanol–water partition coefficient (Wildman–Crippen LogP) is 1.76. The van der Waals surface area contributed by atoms with E-state index < -0.39 is 6.04 Å². The van der Waals surface area contributed by atoms with Gasteiger partial charge < -0.3 is 15.4 Å². The molecular weight excluding hydrogens is 278 g/mol. The van der Waals surface area contributed by atoms with E-state index in [2.05, 4.69) is 4.98 Å². The van der Waals surface area contributed by atoms with E-state index in [9.17, 15) is 4.79 Å². The molecule has 1 aliphatic rings. The van der Waals surface area contributed by atoms with E-state index in [1.165, 1.54) is 0 Å². The van der Waals surface area contributed by atoms with E-state index in [4.69, 9.17) is 10.5 Å². The minimum atomic E-state index is -0.610. The van der Waals surface area contributed by atoms with Crippen LogP contribution in [0.2, 0.25) is 0 Å². The van der Waals surface area contributed by atoms with Crippen molar-refractivity contribution < 1.29 is 9.53 Å². The number of rotatable bonds is 4. The summed E-state index contributed by atoms with van der Waals surface area (Å²) in [7, 11) is 0. The molecule has 5 nitrogen and oxygen atoms in total. The van der Waals surface area contributed by atoms with Gasteiger partial charge in [-0.15, -0.1) is 0 Å². The molecule has 0 aliphatic carbocycles. The van der Waals surface area contributed by atoms with Crippen LogP contribution in [0.3, 0.4) is 0 Å². The van der Waals surface area contributed by atoms with Gasteiger partial charge in [-0.25, -0.2) is 0 Å². The van der Waals surface area contributed by atoms with Crippen molar-refractivity contribution in [2.24, 2.45) is 5.73 Å². The fourth-order valence-electron chi connectivity index (χ4n) is 2.63. The second-order valence-electron chi connectivity index (χ2n) is 5.38. The summed E-state index contributed by atoms with van der Waals surface area (Å²) in [5.74, 6) is 0.730. The Labute approximate surface area is 129 Å². The van der Waals surface area contributed by atoms with E-state index in [0.29, 0.717) is 13.1 Å². The summed E-state index contributed by atoms with van der Waals surface area (Å²) in [5.41, 5.74) is 6.91. The van der Waals surface area contributed by atoms with E-state index in [-0.39, 0.29) is 12.0 Å². The zero-order chi connectivity index (χ0) is 15.4. The van der Waals surface area contributed by atoms with Gasteiger partial charge in [0, 0.05) is 25.4 Å². The topological polar surface area (TPSA) is 68.5 Å². The van der Waals surface area contributed by atoms with E-state index in [1.54, 1.807) is 17.3 Å². The molecule has 1 aliphatic heterocycles.